The number of nitrogens with one attached hydrogen (secondary N) is 7. The Kier molecular flexibility index (Phi) is 21.6. The Labute approximate surface area is 543 Å². The van der Waals surface area contributed by atoms with Crippen LogP contribution in [-0.2, 0) is 11.3 Å². The fourth-order valence-electron chi connectivity index (χ4n) is 8.48. The number of ether oxygens (including phenoxy) is 2. The molecule has 5 aromatic heterocycles. The summed E-state index contributed by atoms with van der Waals surface area (Å²) in [6, 6.07) is 64.0. The number of hydrogen-bond donors (Lipinski definition) is 7. The van der Waals surface area contributed by atoms with Gasteiger partial charge in [0.2, 0.25) is 29.1 Å². The third kappa shape index (κ3) is 18.1. The molecule has 0 fully saturated rings. The van der Waals surface area contributed by atoms with E-state index < -0.39 is 0 Å². The number of rotatable bonds is 13. The number of methoxy groups -OCH3 is 1. The van der Waals surface area contributed by atoms with Crippen LogP contribution in [0.5, 0.6) is 5.75 Å². The number of amides is 2. The summed E-state index contributed by atoms with van der Waals surface area (Å²) in [5, 5.41) is 76.6. The Balaban J connectivity index is 0.000000128. The molecule has 0 aliphatic heterocycles. The molecule has 14 aromatic rings. The Bertz CT molecular complexity index is 4470. The molecule has 27 nitrogen and oxygen atoms in total. The summed E-state index contributed by atoms with van der Waals surface area (Å²) >= 11 is 2.22. The summed E-state index contributed by atoms with van der Waals surface area (Å²) in [5.74, 6) is 2.84. The number of anilines is 2. The predicted octanol–water partition coefficient (Wildman–Crippen LogP) is 10.9. The number of carbonyl (C=O) groups is 3. The van der Waals surface area contributed by atoms with E-state index in [9.17, 15) is 14.4 Å². The normalized spacial score (nSPS) is 10.4. The first-order valence-electron chi connectivity index (χ1n) is 28.2. The number of esters is 1. The minimum absolute atomic E-state index is 0.154. The molecule has 0 radical (unpaired) electrons. The van der Waals surface area contributed by atoms with Crippen molar-refractivity contribution in [3.63, 3.8) is 0 Å². The standard InChI is InChI=1S/C15H11IN4O2.2C15H13N5O.C12H10N4.C8H8N4O/c16-13-4-2-1-3-12(13)9-22-15(21)11-7-5-10(6-8-11)14-17-19-20-18-14;2*1-10-2-8-13(9-3-10)16-15(21)12-6-4-11(5-7-12)14-17-19-20-18-14;1-8-2-3-10-7-11(5-4-9(10)6-8)12-13-15-16-14-12;1-13-7-4-2-6(3-5-7)8-9-11-12-10-8/h1-8H,9H2,(H,17,18,19,20);2*2-9H,1H3,(H,16,21)(H,17,18,19,20);2-7H,1H3,(H,13,14,15,16);2-5H,1H3,(H,9,10,11,12). The SMILES string of the molecule is COc1ccc(-c2nn[nH]n2)cc1.Cc1ccc(NC(=O)c2ccc(-c3nn[nH]n3)cc2)cc1.Cc1ccc(NC(=O)c2ccc(-c3nn[nH]n3)cc2)cc1.Cc1ccc2cc(-c3nn[nH]n3)ccc2c1.O=C(OCc1ccccc1I)c1ccc(-c2nn[nH]n2)cc1. The second-order valence-electron chi connectivity index (χ2n) is 20.0. The van der Waals surface area contributed by atoms with Gasteiger partial charge in [0.05, 0.1) is 12.7 Å². The van der Waals surface area contributed by atoms with Crippen LogP contribution in [0.15, 0.2) is 206 Å². The number of fused-ring (bicyclic) bond motifs is 1. The summed E-state index contributed by atoms with van der Waals surface area (Å²) in [6.07, 6.45) is 0. The van der Waals surface area contributed by atoms with Gasteiger partial charge in [0, 0.05) is 59.5 Å². The minimum atomic E-state index is -0.362. The van der Waals surface area contributed by atoms with Gasteiger partial charge in [-0.2, -0.15) is 26.1 Å². The number of aryl methyl sites for hydroxylation is 3. The quantitative estimate of drug-likeness (QED) is 0.0416. The zero-order valence-electron chi connectivity index (χ0n) is 50.0. The van der Waals surface area contributed by atoms with Crippen molar-refractivity contribution in [1.82, 2.24) is 103 Å². The fourth-order valence-corrected chi connectivity index (χ4v) is 9.03. The largest absolute Gasteiger partial charge is 0.497 e. The van der Waals surface area contributed by atoms with Gasteiger partial charge < -0.3 is 20.1 Å². The average molecular weight is 1350 g/mol. The van der Waals surface area contributed by atoms with Crippen LogP contribution in [0, 0.1) is 24.3 Å². The topological polar surface area (TPSA) is 366 Å². The zero-order valence-corrected chi connectivity index (χ0v) is 52.1. The van der Waals surface area contributed by atoms with Crippen molar-refractivity contribution < 1.29 is 23.9 Å². The van der Waals surface area contributed by atoms with Gasteiger partial charge in [-0.05, 0) is 177 Å². The maximum Gasteiger partial charge on any atom is 0.338 e. The molecule has 0 saturated carbocycles. The van der Waals surface area contributed by atoms with E-state index >= 15 is 0 Å². The molecule has 0 spiro atoms. The van der Waals surface area contributed by atoms with E-state index in [1.54, 1.807) is 79.9 Å². The second kappa shape index (κ2) is 31.6. The molecular weight excluding hydrogens is 1300 g/mol. The fraction of sp³-hybridized carbons (Fsp3) is 0.0769. The van der Waals surface area contributed by atoms with Gasteiger partial charge in [0.25, 0.3) is 11.8 Å². The van der Waals surface area contributed by atoms with Crippen LogP contribution in [0.25, 0.3) is 67.7 Å². The number of nitrogens with zero attached hydrogens (tertiary/aromatic N) is 15. The molecule has 462 valence electrons. The van der Waals surface area contributed by atoms with Crippen LogP contribution in [0.1, 0.15) is 53.3 Å². The van der Waals surface area contributed by atoms with Crippen LogP contribution in [0.3, 0.4) is 0 Å². The molecule has 0 atom stereocenters. The number of halogens is 1. The molecule has 0 saturated heterocycles. The Morgan fingerprint density at radius 3 is 1.15 bits per heavy atom. The zero-order chi connectivity index (χ0) is 64.7. The van der Waals surface area contributed by atoms with E-state index in [0.29, 0.717) is 45.8 Å². The van der Waals surface area contributed by atoms with Crippen molar-refractivity contribution >= 4 is 62.5 Å². The van der Waals surface area contributed by atoms with Crippen LogP contribution >= 0.6 is 22.6 Å². The summed E-state index contributed by atoms with van der Waals surface area (Å²) in [5.41, 5.74) is 12.0. The van der Waals surface area contributed by atoms with Crippen molar-refractivity contribution in [3.05, 3.63) is 249 Å². The highest BCUT2D eigenvalue weighted by Crippen LogP contribution is 2.24. The molecular formula is C65H55IN22O5. The molecule has 2 amide bonds. The number of tetrazole rings is 5. The first-order valence-corrected chi connectivity index (χ1v) is 29.3. The lowest BCUT2D eigenvalue weighted by atomic mass is 10.0. The highest BCUT2D eigenvalue weighted by molar-refractivity contribution is 14.1. The van der Waals surface area contributed by atoms with E-state index in [2.05, 4.69) is 174 Å². The first-order chi connectivity index (χ1) is 45.4. The van der Waals surface area contributed by atoms with Gasteiger partial charge in [0.1, 0.15) is 12.4 Å². The highest BCUT2D eigenvalue weighted by Gasteiger charge is 2.13. The number of aromatic amines is 5. The van der Waals surface area contributed by atoms with Crippen LogP contribution in [0.4, 0.5) is 11.4 Å². The molecule has 7 N–H and O–H groups in total. The monoisotopic (exact) mass is 1350 g/mol. The van der Waals surface area contributed by atoms with Gasteiger partial charge in [-0.3, -0.25) is 9.59 Å². The van der Waals surface area contributed by atoms with Gasteiger partial charge in [-0.1, -0.05) is 126 Å². The summed E-state index contributed by atoms with van der Waals surface area (Å²) in [4.78, 5) is 36.3. The molecule has 5 heterocycles. The summed E-state index contributed by atoms with van der Waals surface area (Å²) in [7, 11) is 1.63. The Morgan fingerprint density at radius 2 is 0.753 bits per heavy atom. The van der Waals surface area contributed by atoms with Crippen molar-refractivity contribution in [2.45, 2.75) is 27.4 Å². The first kappa shape index (κ1) is 63.5. The Morgan fingerprint density at radius 1 is 0.398 bits per heavy atom. The minimum Gasteiger partial charge on any atom is -0.497 e. The maximum absolute atomic E-state index is 12.1. The molecule has 93 heavy (non-hydrogen) atoms. The number of H-pyrrole nitrogens is 5. The summed E-state index contributed by atoms with van der Waals surface area (Å²) in [6.45, 7) is 6.35. The van der Waals surface area contributed by atoms with Crippen LogP contribution in [-0.4, -0.2) is 128 Å². The molecule has 0 aliphatic rings. The van der Waals surface area contributed by atoms with Crippen molar-refractivity contribution in [2.24, 2.45) is 0 Å². The lowest BCUT2D eigenvalue weighted by Crippen LogP contribution is -2.11. The van der Waals surface area contributed by atoms with E-state index in [1.807, 2.05) is 117 Å². The van der Waals surface area contributed by atoms with Gasteiger partial charge >= 0.3 is 5.97 Å². The van der Waals surface area contributed by atoms with Gasteiger partial charge in [-0.15, -0.1) is 51.0 Å². The second-order valence-corrected chi connectivity index (χ2v) is 21.2. The highest BCUT2D eigenvalue weighted by atomic mass is 127. The average Bonchev–Trinajstić information content (AvgIpc) is 2.35. The van der Waals surface area contributed by atoms with E-state index in [4.69, 9.17) is 9.47 Å². The number of benzene rings is 9. The van der Waals surface area contributed by atoms with Crippen LogP contribution in [0.2, 0.25) is 0 Å². The number of carbonyl (C=O) groups excluding carboxylic acids is 3. The molecule has 28 heteroatoms. The predicted molar refractivity (Wildman–Crippen MR) is 353 cm³/mol. The third-order valence-corrected chi connectivity index (χ3v) is 14.5. The van der Waals surface area contributed by atoms with E-state index in [0.717, 1.165) is 65.2 Å². The smallest absolute Gasteiger partial charge is 0.338 e. The summed E-state index contributed by atoms with van der Waals surface area (Å²) < 4.78 is 11.4. The van der Waals surface area contributed by atoms with Crippen molar-refractivity contribution in [3.8, 4) is 62.7 Å². The third-order valence-electron chi connectivity index (χ3n) is 13.5. The van der Waals surface area contributed by atoms with E-state index in [-0.39, 0.29) is 24.4 Å². The lowest BCUT2D eigenvalue weighted by Gasteiger charge is -2.07. The van der Waals surface area contributed by atoms with Gasteiger partial charge in [0.15, 0.2) is 0 Å². The van der Waals surface area contributed by atoms with Crippen molar-refractivity contribution in [1.29, 1.82) is 0 Å². The van der Waals surface area contributed by atoms with Crippen molar-refractivity contribution in [2.75, 3.05) is 17.7 Å². The molecule has 0 aliphatic carbocycles. The molecule has 9 aromatic carbocycles. The van der Waals surface area contributed by atoms with E-state index in [1.165, 1.54) is 16.3 Å². The molecule has 0 bridgehead atoms. The van der Waals surface area contributed by atoms with Crippen LogP contribution < -0.4 is 15.4 Å². The molecule has 14 rings (SSSR count). The maximum atomic E-state index is 12.1. The number of aromatic nitrogens is 20. The number of hydrogen-bond acceptors (Lipinski definition) is 20. The lowest BCUT2D eigenvalue weighted by molar-refractivity contribution is 0.0471. The van der Waals surface area contributed by atoms with Gasteiger partial charge in [-0.25, -0.2) is 4.79 Å². The Hall–Kier alpha value is -12.5. The molecule has 0 unspecified atom stereocenters.